The second-order valence-corrected chi connectivity index (χ2v) is 6.71. The molecule has 1 atom stereocenters. The molecule has 0 aromatic heterocycles. The molecule has 0 saturated heterocycles. The van der Waals surface area contributed by atoms with E-state index >= 15 is 0 Å². The third kappa shape index (κ3) is 16.0. The van der Waals surface area contributed by atoms with E-state index in [9.17, 15) is 0 Å². The lowest BCUT2D eigenvalue weighted by Crippen LogP contribution is -1.98. The van der Waals surface area contributed by atoms with Crippen molar-refractivity contribution in [2.75, 3.05) is 6.54 Å². The molecule has 0 aliphatic heterocycles. The standard InChI is InChI=1S/C19H41N/c1-3-4-5-6-7-8-10-13-16-19(2)17-14-11-9-12-15-18-20/h19H,3-18,20H2,1-2H3. The predicted molar refractivity (Wildman–Crippen MR) is 93.1 cm³/mol. The fourth-order valence-electron chi connectivity index (χ4n) is 2.94. The van der Waals surface area contributed by atoms with Gasteiger partial charge in [0.25, 0.3) is 0 Å². The van der Waals surface area contributed by atoms with Crippen molar-refractivity contribution in [1.29, 1.82) is 0 Å². The molecule has 1 nitrogen and oxygen atoms in total. The molecule has 0 aromatic carbocycles. The van der Waals surface area contributed by atoms with Gasteiger partial charge < -0.3 is 5.73 Å². The van der Waals surface area contributed by atoms with Gasteiger partial charge in [0, 0.05) is 0 Å². The molecule has 2 N–H and O–H groups in total. The van der Waals surface area contributed by atoms with Gasteiger partial charge in [-0.1, -0.05) is 104 Å². The zero-order valence-corrected chi connectivity index (χ0v) is 14.5. The maximum atomic E-state index is 5.50. The van der Waals surface area contributed by atoms with Gasteiger partial charge in [0.2, 0.25) is 0 Å². The number of hydrogen-bond donors (Lipinski definition) is 1. The van der Waals surface area contributed by atoms with Crippen LogP contribution in [0.15, 0.2) is 0 Å². The summed E-state index contributed by atoms with van der Waals surface area (Å²) in [5.41, 5.74) is 5.50. The van der Waals surface area contributed by atoms with Crippen molar-refractivity contribution in [3.63, 3.8) is 0 Å². The molecule has 0 aliphatic rings. The Morgan fingerprint density at radius 2 is 1.00 bits per heavy atom. The van der Waals surface area contributed by atoms with Crippen LogP contribution in [0.3, 0.4) is 0 Å². The smallest absolute Gasteiger partial charge is 0.00773 e. The summed E-state index contributed by atoms with van der Waals surface area (Å²) in [4.78, 5) is 0. The monoisotopic (exact) mass is 283 g/mol. The molecule has 0 amide bonds. The SMILES string of the molecule is CCCCCCCCCCC(C)CCCCCCCN. The number of unbranched alkanes of at least 4 members (excludes halogenated alkanes) is 11. The second-order valence-electron chi connectivity index (χ2n) is 6.71. The highest BCUT2D eigenvalue weighted by Gasteiger charge is 2.02. The van der Waals surface area contributed by atoms with Gasteiger partial charge in [-0.2, -0.15) is 0 Å². The summed E-state index contributed by atoms with van der Waals surface area (Å²) in [6.45, 7) is 5.61. The minimum Gasteiger partial charge on any atom is -0.330 e. The Labute approximate surface area is 129 Å². The van der Waals surface area contributed by atoms with Crippen LogP contribution in [0, 0.1) is 5.92 Å². The van der Waals surface area contributed by atoms with Crippen LogP contribution >= 0.6 is 0 Å². The van der Waals surface area contributed by atoms with Gasteiger partial charge in [-0.25, -0.2) is 0 Å². The van der Waals surface area contributed by atoms with E-state index in [4.69, 9.17) is 5.73 Å². The average molecular weight is 284 g/mol. The molecule has 1 unspecified atom stereocenters. The Balaban J connectivity index is 3.10. The van der Waals surface area contributed by atoms with Crippen molar-refractivity contribution in [2.45, 2.75) is 110 Å². The van der Waals surface area contributed by atoms with Crippen LogP contribution in [-0.4, -0.2) is 6.54 Å². The van der Waals surface area contributed by atoms with Crippen LogP contribution < -0.4 is 5.73 Å². The van der Waals surface area contributed by atoms with Gasteiger partial charge in [0.1, 0.15) is 0 Å². The van der Waals surface area contributed by atoms with Crippen LogP contribution in [0.1, 0.15) is 110 Å². The van der Waals surface area contributed by atoms with E-state index in [1.54, 1.807) is 0 Å². The van der Waals surface area contributed by atoms with E-state index in [1.165, 1.54) is 96.3 Å². The lowest BCUT2D eigenvalue weighted by atomic mass is 9.96. The molecule has 0 radical (unpaired) electrons. The summed E-state index contributed by atoms with van der Waals surface area (Å²) < 4.78 is 0. The Kier molecular flexibility index (Phi) is 17.0. The second kappa shape index (κ2) is 17.0. The maximum absolute atomic E-state index is 5.50. The van der Waals surface area contributed by atoms with Gasteiger partial charge >= 0.3 is 0 Å². The van der Waals surface area contributed by atoms with E-state index in [0.717, 1.165) is 12.5 Å². The van der Waals surface area contributed by atoms with E-state index in [0.29, 0.717) is 0 Å². The fourth-order valence-corrected chi connectivity index (χ4v) is 2.94. The molecule has 0 heterocycles. The van der Waals surface area contributed by atoms with Gasteiger partial charge in [-0.15, -0.1) is 0 Å². The largest absolute Gasteiger partial charge is 0.330 e. The van der Waals surface area contributed by atoms with Crippen LogP contribution in [-0.2, 0) is 0 Å². The Morgan fingerprint density at radius 1 is 0.600 bits per heavy atom. The molecule has 20 heavy (non-hydrogen) atoms. The van der Waals surface area contributed by atoms with Crippen molar-refractivity contribution in [1.82, 2.24) is 0 Å². The summed E-state index contributed by atoms with van der Waals surface area (Å²) >= 11 is 0. The summed E-state index contributed by atoms with van der Waals surface area (Å²) in [6.07, 6.45) is 21.3. The van der Waals surface area contributed by atoms with Crippen molar-refractivity contribution < 1.29 is 0 Å². The first kappa shape index (κ1) is 20.0. The van der Waals surface area contributed by atoms with Crippen LogP contribution in [0.25, 0.3) is 0 Å². The van der Waals surface area contributed by atoms with Crippen molar-refractivity contribution in [2.24, 2.45) is 11.7 Å². The van der Waals surface area contributed by atoms with Crippen LogP contribution in [0.4, 0.5) is 0 Å². The number of rotatable bonds is 16. The maximum Gasteiger partial charge on any atom is -0.00773 e. The lowest BCUT2D eigenvalue weighted by Gasteiger charge is -2.11. The van der Waals surface area contributed by atoms with Gasteiger partial charge in [0.05, 0.1) is 0 Å². The lowest BCUT2D eigenvalue weighted by molar-refractivity contribution is 0.431. The van der Waals surface area contributed by atoms with Gasteiger partial charge in [-0.3, -0.25) is 0 Å². The topological polar surface area (TPSA) is 26.0 Å². The van der Waals surface area contributed by atoms with E-state index in [1.807, 2.05) is 0 Å². The highest BCUT2D eigenvalue weighted by Crippen LogP contribution is 2.18. The predicted octanol–water partition coefficient (Wildman–Crippen LogP) is 6.45. The Hall–Kier alpha value is -0.0400. The third-order valence-corrected chi connectivity index (χ3v) is 4.45. The normalized spacial score (nSPS) is 12.8. The molecule has 0 spiro atoms. The number of hydrogen-bond acceptors (Lipinski definition) is 1. The minimum absolute atomic E-state index is 0.870. The molecule has 0 rings (SSSR count). The molecule has 1 heteroatoms. The highest BCUT2D eigenvalue weighted by molar-refractivity contribution is 4.56. The molecule has 0 fully saturated rings. The van der Waals surface area contributed by atoms with E-state index in [-0.39, 0.29) is 0 Å². The summed E-state index contributed by atoms with van der Waals surface area (Å²) in [5, 5.41) is 0. The quantitative estimate of drug-likeness (QED) is 0.323. The number of nitrogens with two attached hydrogens (primary N) is 1. The molecule has 0 saturated carbocycles. The van der Waals surface area contributed by atoms with Crippen LogP contribution in [0.2, 0.25) is 0 Å². The average Bonchev–Trinajstić information content (AvgIpc) is 2.45. The van der Waals surface area contributed by atoms with Gasteiger partial charge in [0.15, 0.2) is 0 Å². The molecular weight excluding hydrogens is 242 g/mol. The Bertz CT molecular complexity index is 167. The fraction of sp³-hybridized carbons (Fsp3) is 1.00. The highest BCUT2D eigenvalue weighted by atomic mass is 14.5. The minimum atomic E-state index is 0.870. The van der Waals surface area contributed by atoms with E-state index < -0.39 is 0 Å². The molecule has 122 valence electrons. The zero-order chi connectivity index (χ0) is 14.9. The Morgan fingerprint density at radius 3 is 1.45 bits per heavy atom. The first-order chi connectivity index (χ1) is 9.81. The van der Waals surface area contributed by atoms with Crippen LogP contribution in [0.5, 0.6) is 0 Å². The first-order valence-electron chi connectivity index (χ1n) is 9.51. The summed E-state index contributed by atoms with van der Waals surface area (Å²) in [6, 6.07) is 0. The molecule has 0 aliphatic carbocycles. The first-order valence-corrected chi connectivity index (χ1v) is 9.51. The summed E-state index contributed by atoms with van der Waals surface area (Å²) in [5.74, 6) is 0.949. The van der Waals surface area contributed by atoms with Crippen molar-refractivity contribution in [3.8, 4) is 0 Å². The van der Waals surface area contributed by atoms with E-state index in [2.05, 4.69) is 13.8 Å². The van der Waals surface area contributed by atoms with Crippen molar-refractivity contribution >= 4 is 0 Å². The third-order valence-electron chi connectivity index (χ3n) is 4.45. The molecular formula is C19H41N. The zero-order valence-electron chi connectivity index (χ0n) is 14.5. The van der Waals surface area contributed by atoms with Crippen molar-refractivity contribution in [3.05, 3.63) is 0 Å². The molecule has 0 bridgehead atoms. The summed E-state index contributed by atoms with van der Waals surface area (Å²) in [7, 11) is 0. The molecule has 0 aromatic rings. The van der Waals surface area contributed by atoms with Gasteiger partial charge in [-0.05, 0) is 18.9 Å².